The zero-order chi connectivity index (χ0) is 13.0. The second-order valence-electron chi connectivity index (χ2n) is 3.76. The molecule has 0 aliphatic heterocycles. The van der Waals surface area contributed by atoms with Gasteiger partial charge in [-0.1, -0.05) is 24.3 Å². The number of fused-ring (bicyclic) bond motifs is 1. The van der Waals surface area contributed by atoms with Crippen molar-refractivity contribution in [3.05, 3.63) is 48.9 Å². The summed E-state index contributed by atoms with van der Waals surface area (Å²) in [5.41, 5.74) is 0.444. The average molecular weight is 332 g/mol. The molecule has 0 atom stereocenters. The fourth-order valence-corrected chi connectivity index (χ4v) is 1.82. The Balaban J connectivity index is 0.00000180. The minimum absolute atomic E-state index is 0. The van der Waals surface area contributed by atoms with Gasteiger partial charge >= 0.3 is 38.7 Å². The van der Waals surface area contributed by atoms with Gasteiger partial charge in [0.25, 0.3) is 0 Å². The Morgan fingerprint density at radius 3 is 2.42 bits per heavy atom. The zero-order valence-corrected chi connectivity index (χ0v) is 13.7. The second kappa shape index (κ2) is 7.61. The van der Waals surface area contributed by atoms with Crippen molar-refractivity contribution in [2.24, 2.45) is 0 Å². The first-order chi connectivity index (χ1) is 8.76. The van der Waals surface area contributed by atoms with Crippen LogP contribution in [-0.4, -0.2) is 19.2 Å². The molecule has 0 spiro atoms. The molecule has 0 heterocycles. The summed E-state index contributed by atoms with van der Waals surface area (Å²) in [7, 11) is 0. The number of carbonyl (C=O) groups excluding carboxylic acids is 1. The van der Waals surface area contributed by atoms with Gasteiger partial charge in [-0.2, -0.15) is 0 Å². The molecule has 0 aliphatic carbocycles. The molecule has 94 valence electrons. The minimum Gasteiger partial charge on any atom is -0.524 e. The van der Waals surface area contributed by atoms with Gasteiger partial charge in [-0.3, -0.25) is 0 Å². The van der Waals surface area contributed by atoms with Gasteiger partial charge < -0.3 is 16.4 Å². The first kappa shape index (κ1) is 16.1. The predicted molar refractivity (Wildman–Crippen MR) is 70.8 cm³/mol. The Hall–Kier alpha value is -0.926. The van der Waals surface area contributed by atoms with Crippen molar-refractivity contribution in [1.29, 1.82) is 0 Å². The van der Waals surface area contributed by atoms with Crippen molar-refractivity contribution in [2.75, 3.05) is 13.2 Å². The van der Waals surface area contributed by atoms with E-state index in [4.69, 9.17) is 9.47 Å². The van der Waals surface area contributed by atoms with Gasteiger partial charge in [0.1, 0.15) is 11.3 Å². The van der Waals surface area contributed by atoms with Crippen LogP contribution >= 0.6 is 0 Å². The van der Waals surface area contributed by atoms with E-state index in [2.05, 4.69) is 6.92 Å². The van der Waals surface area contributed by atoms with Crippen molar-refractivity contribution in [3.8, 4) is 5.75 Å². The van der Waals surface area contributed by atoms with Gasteiger partial charge in [-0.05, 0) is 36.4 Å². The summed E-state index contributed by atoms with van der Waals surface area (Å²) in [5, 5.41) is 2.01. The van der Waals surface area contributed by atoms with Gasteiger partial charge in [0.2, 0.25) is 0 Å². The summed E-state index contributed by atoms with van der Waals surface area (Å²) in [6.07, 6.45) is 0. The largest absolute Gasteiger partial charge is 3.00 e. The molecule has 0 fully saturated rings. The number of rotatable bonds is 4. The van der Waals surface area contributed by atoms with E-state index in [-0.39, 0.29) is 45.3 Å². The van der Waals surface area contributed by atoms with Crippen LogP contribution in [0.2, 0.25) is 0 Å². The Morgan fingerprint density at radius 2 is 1.84 bits per heavy atom. The SMILES string of the molecule is [CH2-]COc1cc2ccccc2cc1C(=O)OCC.[Y+3]. The number of hydrogen-bond acceptors (Lipinski definition) is 3. The van der Waals surface area contributed by atoms with E-state index in [9.17, 15) is 4.79 Å². The monoisotopic (exact) mass is 332 g/mol. The van der Waals surface area contributed by atoms with Crippen LogP contribution in [0.25, 0.3) is 10.8 Å². The molecule has 19 heavy (non-hydrogen) atoms. The number of carbonyl (C=O) groups is 1. The van der Waals surface area contributed by atoms with Crippen LogP contribution in [0.4, 0.5) is 0 Å². The fourth-order valence-electron chi connectivity index (χ4n) is 1.82. The quantitative estimate of drug-likeness (QED) is 0.637. The summed E-state index contributed by atoms with van der Waals surface area (Å²) < 4.78 is 10.4. The maximum atomic E-state index is 11.9. The summed E-state index contributed by atoms with van der Waals surface area (Å²) in [6, 6.07) is 11.4. The molecule has 0 amide bonds. The van der Waals surface area contributed by atoms with Crippen LogP contribution in [-0.2, 0) is 37.4 Å². The Labute approximate surface area is 138 Å². The van der Waals surface area contributed by atoms with Gasteiger partial charge in [-0.15, -0.1) is 0 Å². The van der Waals surface area contributed by atoms with Crippen molar-refractivity contribution in [2.45, 2.75) is 6.92 Å². The minimum atomic E-state index is -0.369. The van der Waals surface area contributed by atoms with Crippen LogP contribution in [0, 0.1) is 6.92 Å². The van der Waals surface area contributed by atoms with Crippen LogP contribution in [0.3, 0.4) is 0 Å². The smallest absolute Gasteiger partial charge is 0.524 e. The molecule has 3 nitrogen and oxygen atoms in total. The molecule has 0 aliphatic rings. The molecule has 2 rings (SSSR count). The number of benzene rings is 2. The number of ether oxygens (including phenoxy) is 2. The summed E-state index contributed by atoms with van der Waals surface area (Å²) in [5.74, 6) is 0.147. The van der Waals surface area contributed by atoms with Crippen LogP contribution < -0.4 is 4.74 Å². The van der Waals surface area contributed by atoms with Crippen molar-refractivity contribution in [3.63, 3.8) is 0 Å². The number of esters is 1. The van der Waals surface area contributed by atoms with Crippen LogP contribution in [0.5, 0.6) is 5.75 Å². The molecule has 0 radical (unpaired) electrons. The topological polar surface area (TPSA) is 35.5 Å². The fraction of sp³-hybridized carbons (Fsp3) is 0.200. The van der Waals surface area contributed by atoms with Crippen molar-refractivity contribution in [1.82, 2.24) is 0 Å². The Bertz CT molecular complexity index is 566. The average Bonchev–Trinajstić information content (AvgIpc) is 2.38. The van der Waals surface area contributed by atoms with E-state index in [1.54, 1.807) is 13.0 Å². The third-order valence-electron chi connectivity index (χ3n) is 2.60. The standard InChI is InChI=1S/C15H15O3.Y/c1-3-17-14-10-12-8-6-5-7-11(12)9-13(14)15(16)18-4-2;/h5-10H,1,3-4H2,2H3;/q-1;+3. The van der Waals surface area contributed by atoms with E-state index in [0.717, 1.165) is 10.8 Å². The van der Waals surface area contributed by atoms with Crippen molar-refractivity contribution < 1.29 is 47.0 Å². The predicted octanol–water partition coefficient (Wildman–Crippen LogP) is 3.23. The number of hydrogen-bond donors (Lipinski definition) is 0. The molecule has 0 aromatic heterocycles. The first-order valence-electron chi connectivity index (χ1n) is 5.88. The normalized spacial score (nSPS) is 9.79. The third-order valence-corrected chi connectivity index (χ3v) is 2.60. The molecule has 2 aromatic rings. The Kier molecular flexibility index (Phi) is 6.46. The second-order valence-corrected chi connectivity index (χ2v) is 3.76. The van der Waals surface area contributed by atoms with Crippen molar-refractivity contribution >= 4 is 16.7 Å². The third kappa shape index (κ3) is 3.77. The van der Waals surface area contributed by atoms with Crippen LogP contribution in [0.1, 0.15) is 17.3 Å². The van der Waals surface area contributed by atoms with Crippen LogP contribution in [0.15, 0.2) is 36.4 Å². The first-order valence-corrected chi connectivity index (χ1v) is 5.88. The van der Waals surface area contributed by atoms with E-state index < -0.39 is 0 Å². The van der Waals surface area contributed by atoms with E-state index in [1.165, 1.54) is 0 Å². The summed E-state index contributed by atoms with van der Waals surface area (Å²) in [4.78, 5) is 11.9. The molecular weight excluding hydrogens is 317 g/mol. The molecular formula is C15H15O3Y+2. The summed E-state index contributed by atoms with van der Waals surface area (Å²) in [6.45, 7) is 6.02. The van der Waals surface area contributed by atoms with E-state index in [0.29, 0.717) is 17.9 Å². The molecule has 0 N–H and O–H groups in total. The Morgan fingerprint density at radius 1 is 1.21 bits per heavy atom. The molecule has 0 saturated heterocycles. The van der Waals surface area contributed by atoms with E-state index in [1.807, 2.05) is 30.3 Å². The molecule has 4 heteroatoms. The van der Waals surface area contributed by atoms with Gasteiger partial charge in [0.15, 0.2) is 0 Å². The molecule has 0 bridgehead atoms. The summed E-state index contributed by atoms with van der Waals surface area (Å²) >= 11 is 0. The van der Waals surface area contributed by atoms with Gasteiger partial charge in [0.05, 0.1) is 6.61 Å². The van der Waals surface area contributed by atoms with E-state index >= 15 is 0 Å². The molecule has 0 saturated carbocycles. The van der Waals surface area contributed by atoms with Gasteiger partial charge in [0, 0.05) is 0 Å². The molecule has 2 aromatic carbocycles. The van der Waals surface area contributed by atoms with Gasteiger partial charge in [-0.25, -0.2) is 4.79 Å². The maximum Gasteiger partial charge on any atom is 3.00 e. The zero-order valence-electron chi connectivity index (χ0n) is 10.9. The maximum absolute atomic E-state index is 11.9. The molecule has 0 unspecified atom stereocenters.